The predicted molar refractivity (Wildman–Crippen MR) is 93.2 cm³/mol. The lowest BCUT2D eigenvalue weighted by atomic mass is 10.1. The van der Waals surface area contributed by atoms with Crippen LogP contribution in [-0.2, 0) is 14.3 Å². The number of amides is 1. The summed E-state index contributed by atoms with van der Waals surface area (Å²) in [5, 5.41) is 0. The van der Waals surface area contributed by atoms with Crippen LogP contribution in [0.5, 0.6) is 5.75 Å². The summed E-state index contributed by atoms with van der Waals surface area (Å²) in [6.07, 6.45) is 1.75. The molecule has 2 rings (SSSR count). The van der Waals surface area contributed by atoms with Crippen molar-refractivity contribution in [3.63, 3.8) is 0 Å². The van der Waals surface area contributed by atoms with Crippen molar-refractivity contribution in [2.24, 2.45) is 0 Å². The molecule has 1 aliphatic rings. The van der Waals surface area contributed by atoms with Crippen molar-refractivity contribution in [1.29, 1.82) is 0 Å². The summed E-state index contributed by atoms with van der Waals surface area (Å²) < 4.78 is 16.6. The number of methoxy groups -OCH3 is 1. The monoisotopic (exact) mass is 335 g/mol. The first-order valence-electron chi connectivity index (χ1n) is 8.74. The summed E-state index contributed by atoms with van der Waals surface area (Å²) >= 11 is 0. The van der Waals surface area contributed by atoms with Crippen LogP contribution in [0.15, 0.2) is 24.3 Å². The van der Waals surface area contributed by atoms with E-state index in [0.717, 1.165) is 30.8 Å². The molecule has 1 saturated heterocycles. The molecule has 0 unspecified atom stereocenters. The molecule has 0 bridgehead atoms. The molecule has 0 aliphatic carbocycles. The number of hydrogen-bond donors (Lipinski definition) is 0. The summed E-state index contributed by atoms with van der Waals surface area (Å²) in [4.78, 5) is 14.6. The zero-order valence-corrected chi connectivity index (χ0v) is 15.2. The molecule has 24 heavy (non-hydrogen) atoms. The lowest BCUT2D eigenvalue weighted by molar-refractivity contribution is -0.146. The molecule has 1 aromatic carbocycles. The minimum atomic E-state index is -0.470. The maximum absolute atomic E-state index is 12.8. The number of nitrogens with zero attached hydrogens (tertiary/aromatic N) is 1. The van der Waals surface area contributed by atoms with Crippen LogP contribution in [0.2, 0.25) is 0 Å². The largest absolute Gasteiger partial charge is 0.497 e. The van der Waals surface area contributed by atoms with Gasteiger partial charge in [-0.15, -0.1) is 0 Å². The van der Waals surface area contributed by atoms with Gasteiger partial charge in [0.25, 0.3) is 5.91 Å². The van der Waals surface area contributed by atoms with Gasteiger partial charge in [-0.3, -0.25) is 4.79 Å². The van der Waals surface area contributed by atoms with Gasteiger partial charge in [0.05, 0.1) is 25.9 Å². The Morgan fingerprint density at radius 1 is 1.42 bits per heavy atom. The maximum atomic E-state index is 12.8. The highest BCUT2D eigenvalue weighted by molar-refractivity contribution is 5.81. The Morgan fingerprint density at radius 2 is 2.21 bits per heavy atom. The van der Waals surface area contributed by atoms with Gasteiger partial charge in [-0.2, -0.15) is 0 Å². The Balaban J connectivity index is 1.98. The van der Waals surface area contributed by atoms with Crippen LogP contribution in [-0.4, -0.2) is 49.9 Å². The summed E-state index contributed by atoms with van der Waals surface area (Å²) in [5.74, 6) is 0.802. The zero-order valence-electron chi connectivity index (χ0n) is 15.2. The van der Waals surface area contributed by atoms with Gasteiger partial charge in [0.2, 0.25) is 0 Å². The van der Waals surface area contributed by atoms with Crippen molar-refractivity contribution < 1.29 is 19.0 Å². The Hall–Kier alpha value is -1.59. The predicted octanol–water partition coefficient (Wildman–Crippen LogP) is 3.19. The van der Waals surface area contributed by atoms with E-state index in [-0.39, 0.29) is 18.1 Å². The molecule has 1 amide bonds. The van der Waals surface area contributed by atoms with Gasteiger partial charge >= 0.3 is 0 Å². The van der Waals surface area contributed by atoms with Crippen molar-refractivity contribution in [3.05, 3.63) is 29.8 Å². The minimum absolute atomic E-state index is 0.00539. The molecule has 1 aromatic rings. The number of likely N-dealkylation sites (N-methyl/N-ethyl adjacent to an activating group) is 1. The molecule has 0 aromatic heterocycles. The second kappa shape index (κ2) is 9.04. The first-order chi connectivity index (χ1) is 11.6. The van der Waals surface area contributed by atoms with Crippen molar-refractivity contribution >= 4 is 5.91 Å². The lowest BCUT2D eigenvalue weighted by Crippen LogP contribution is -2.41. The number of rotatable bonds is 8. The molecule has 0 radical (unpaired) electrons. The quantitative estimate of drug-likeness (QED) is 0.732. The smallest absolute Gasteiger partial charge is 0.251 e. The number of benzene rings is 1. The van der Waals surface area contributed by atoms with Crippen molar-refractivity contribution in [1.82, 2.24) is 4.90 Å². The van der Waals surface area contributed by atoms with E-state index in [2.05, 4.69) is 0 Å². The highest BCUT2D eigenvalue weighted by Crippen LogP contribution is 2.25. The van der Waals surface area contributed by atoms with Crippen LogP contribution in [0.4, 0.5) is 0 Å². The fourth-order valence-corrected chi connectivity index (χ4v) is 3.03. The molecule has 5 heteroatoms. The van der Waals surface area contributed by atoms with E-state index in [1.165, 1.54) is 0 Å². The van der Waals surface area contributed by atoms with Gasteiger partial charge < -0.3 is 19.1 Å². The fraction of sp³-hybridized carbons (Fsp3) is 0.632. The molecule has 3 atom stereocenters. The molecule has 134 valence electrons. The first kappa shape index (κ1) is 18.7. The summed E-state index contributed by atoms with van der Waals surface area (Å²) in [6, 6.07) is 7.80. The average Bonchev–Trinajstić information content (AvgIpc) is 3.13. The molecule has 0 N–H and O–H groups in total. The standard InChI is InChI=1S/C19H29NO4/c1-5-20(14(2)16-8-6-9-17(12-16)22-4)19(21)15(3)24-13-18-10-7-11-23-18/h6,8-9,12,14-15,18H,5,7,10-11,13H2,1-4H3/t14-,15+,18+/m1/s1. The molecule has 5 nitrogen and oxygen atoms in total. The topological polar surface area (TPSA) is 48.0 Å². The normalized spacial score (nSPS) is 19.8. The van der Waals surface area contributed by atoms with Crippen LogP contribution in [0.25, 0.3) is 0 Å². The molecule has 1 fully saturated rings. The molecule has 1 aliphatic heterocycles. The Morgan fingerprint density at radius 3 is 2.83 bits per heavy atom. The van der Waals surface area contributed by atoms with Crippen molar-refractivity contribution in [3.8, 4) is 5.75 Å². The van der Waals surface area contributed by atoms with Gasteiger partial charge in [0.15, 0.2) is 0 Å². The van der Waals surface area contributed by atoms with Gasteiger partial charge in [0, 0.05) is 13.2 Å². The van der Waals surface area contributed by atoms with E-state index < -0.39 is 6.10 Å². The SMILES string of the molecule is CCN(C(=O)[C@H](C)OC[C@@H]1CCCO1)[C@H](C)c1cccc(OC)c1. The van der Waals surface area contributed by atoms with Gasteiger partial charge in [0.1, 0.15) is 11.9 Å². The molecular formula is C19H29NO4. The van der Waals surface area contributed by atoms with Crippen LogP contribution >= 0.6 is 0 Å². The third-order valence-corrected chi connectivity index (χ3v) is 4.57. The van der Waals surface area contributed by atoms with Crippen molar-refractivity contribution in [2.75, 3.05) is 26.9 Å². The third-order valence-electron chi connectivity index (χ3n) is 4.57. The third kappa shape index (κ3) is 4.71. The number of carbonyl (C=O) groups excluding carboxylic acids is 1. The number of carbonyl (C=O) groups is 1. The van der Waals surface area contributed by atoms with E-state index in [1.807, 2.05) is 49.9 Å². The maximum Gasteiger partial charge on any atom is 0.251 e. The van der Waals surface area contributed by atoms with Crippen LogP contribution in [0.3, 0.4) is 0 Å². The second-order valence-electron chi connectivity index (χ2n) is 6.19. The second-order valence-corrected chi connectivity index (χ2v) is 6.19. The fourth-order valence-electron chi connectivity index (χ4n) is 3.03. The van der Waals surface area contributed by atoms with Gasteiger partial charge in [-0.1, -0.05) is 12.1 Å². The van der Waals surface area contributed by atoms with E-state index >= 15 is 0 Å². The average molecular weight is 335 g/mol. The van der Waals surface area contributed by atoms with Crippen molar-refractivity contribution in [2.45, 2.75) is 51.9 Å². The first-order valence-corrected chi connectivity index (χ1v) is 8.74. The Labute approximate surface area is 144 Å². The highest BCUT2D eigenvalue weighted by atomic mass is 16.5. The van der Waals surface area contributed by atoms with Gasteiger partial charge in [-0.05, 0) is 51.3 Å². The zero-order chi connectivity index (χ0) is 17.5. The summed E-state index contributed by atoms with van der Waals surface area (Å²) in [7, 11) is 1.65. The van der Waals surface area contributed by atoms with E-state index in [4.69, 9.17) is 14.2 Å². The Kier molecular flexibility index (Phi) is 7.06. The van der Waals surface area contributed by atoms with Gasteiger partial charge in [-0.25, -0.2) is 0 Å². The molecule has 0 spiro atoms. The highest BCUT2D eigenvalue weighted by Gasteiger charge is 2.26. The summed E-state index contributed by atoms with van der Waals surface area (Å²) in [6.45, 7) is 7.75. The number of ether oxygens (including phenoxy) is 3. The van der Waals surface area contributed by atoms with E-state index in [0.29, 0.717) is 13.2 Å². The van der Waals surface area contributed by atoms with Crippen LogP contribution in [0.1, 0.15) is 45.2 Å². The molecule has 1 heterocycles. The van der Waals surface area contributed by atoms with Crippen LogP contribution in [0, 0.1) is 0 Å². The molecule has 0 saturated carbocycles. The summed E-state index contributed by atoms with van der Waals surface area (Å²) in [5.41, 5.74) is 1.05. The van der Waals surface area contributed by atoms with E-state index in [1.54, 1.807) is 7.11 Å². The lowest BCUT2D eigenvalue weighted by Gasteiger charge is -2.31. The minimum Gasteiger partial charge on any atom is -0.497 e. The van der Waals surface area contributed by atoms with Crippen LogP contribution < -0.4 is 4.74 Å². The number of hydrogen-bond acceptors (Lipinski definition) is 4. The Bertz CT molecular complexity index is 528. The molecular weight excluding hydrogens is 306 g/mol. The van der Waals surface area contributed by atoms with E-state index in [9.17, 15) is 4.79 Å².